The lowest BCUT2D eigenvalue weighted by Crippen LogP contribution is -2.51. The predicted octanol–water partition coefficient (Wildman–Crippen LogP) is 1.03. The van der Waals surface area contributed by atoms with Crippen LogP contribution in [-0.2, 0) is 0 Å². The van der Waals surface area contributed by atoms with Gasteiger partial charge < -0.3 is 5.32 Å². The number of allylic oxidation sites excluding steroid dienone is 1. The first-order chi connectivity index (χ1) is 7.24. The SMILES string of the molecule is CC1=C(C)N=CC(N2CC3CNC3C2)C1. The molecule has 0 aromatic carbocycles. The van der Waals surface area contributed by atoms with Gasteiger partial charge in [-0.15, -0.1) is 0 Å². The molecule has 0 spiro atoms. The Kier molecular flexibility index (Phi) is 2.18. The molecular formula is C12H19N3. The van der Waals surface area contributed by atoms with Gasteiger partial charge in [-0.1, -0.05) is 5.57 Å². The molecule has 3 unspecified atom stereocenters. The van der Waals surface area contributed by atoms with Gasteiger partial charge in [0.2, 0.25) is 0 Å². The smallest absolute Gasteiger partial charge is 0.0489 e. The normalized spacial score (nSPS) is 40.5. The Morgan fingerprint density at radius 2 is 2.27 bits per heavy atom. The molecule has 3 heterocycles. The molecule has 3 atom stereocenters. The van der Waals surface area contributed by atoms with Gasteiger partial charge in [0.1, 0.15) is 0 Å². The second-order valence-electron chi connectivity index (χ2n) is 5.14. The summed E-state index contributed by atoms with van der Waals surface area (Å²) in [6.07, 6.45) is 3.32. The summed E-state index contributed by atoms with van der Waals surface area (Å²) in [7, 11) is 0. The van der Waals surface area contributed by atoms with E-state index < -0.39 is 0 Å². The van der Waals surface area contributed by atoms with E-state index in [-0.39, 0.29) is 0 Å². The molecule has 0 bridgehead atoms. The van der Waals surface area contributed by atoms with E-state index in [1.54, 1.807) is 0 Å². The molecule has 3 heteroatoms. The molecule has 2 fully saturated rings. The number of hydrogen-bond acceptors (Lipinski definition) is 3. The van der Waals surface area contributed by atoms with Crippen LogP contribution in [0.3, 0.4) is 0 Å². The van der Waals surface area contributed by atoms with Crippen molar-refractivity contribution in [2.24, 2.45) is 10.9 Å². The second kappa shape index (κ2) is 3.42. The third-order valence-electron chi connectivity index (χ3n) is 4.15. The maximum atomic E-state index is 4.50. The van der Waals surface area contributed by atoms with Crippen LogP contribution in [0.5, 0.6) is 0 Å². The summed E-state index contributed by atoms with van der Waals surface area (Å²) in [5.41, 5.74) is 2.67. The topological polar surface area (TPSA) is 27.6 Å². The molecular weight excluding hydrogens is 186 g/mol. The van der Waals surface area contributed by atoms with Crippen LogP contribution in [0.2, 0.25) is 0 Å². The molecule has 3 nitrogen and oxygen atoms in total. The van der Waals surface area contributed by atoms with Crippen molar-refractivity contribution in [3.05, 3.63) is 11.3 Å². The van der Waals surface area contributed by atoms with E-state index in [2.05, 4.69) is 35.3 Å². The lowest BCUT2D eigenvalue weighted by molar-refractivity contribution is 0.287. The monoisotopic (exact) mass is 205 g/mol. The summed E-state index contributed by atoms with van der Waals surface area (Å²) < 4.78 is 0. The molecule has 3 aliphatic rings. The zero-order chi connectivity index (χ0) is 10.4. The fourth-order valence-corrected chi connectivity index (χ4v) is 2.80. The van der Waals surface area contributed by atoms with E-state index in [0.717, 1.165) is 12.0 Å². The minimum absolute atomic E-state index is 0.557. The summed E-state index contributed by atoms with van der Waals surface area (Å²) in [6.45, 7) is 8.02. The molecule has 3 rings (SSSR count). The first kappa shape index (κ1) is 9.55. The number of nitrogens with zero attached hydrogens (tertiary/aromatic N) is 2. The van der Waals surface area contributed by atoms with Crippen LogP contribution in [-0.4, -0.2) is 42.8 Å². The van der Waals surface area contributed by atoms with Gasteiger partial charge >= 0.3 is 0 Å². The Hall–Kier alpha value is -0.670. The largest absolute Gasteiger partial charge is 0.312 e. The van der Waals surface area contributed by atoms with Crippen LogP contribution < -0.4 is 5.32 Å². The molecule has 3 aliphatic heterocycles. The second-order valence-corrected chi connectivity index (χ2v) is 5.14. The number of hydrogen-bond donors (Lipinski definition) is 1. The molecule has 1 N–H and O–H groups in total. The average molecular weight is 205 g/mol. The van der Waals surface area contributed by atoms with Crippen molar-refractivity contribution >= 4 is 6.21 Å². The Labute approximate surface area is 91.3 Å². The highest BCUT2D eigenvalue weighted by Gasteiger charge is 2.41. The van der Waals surface area contributed by atoms with Crippen LogP contribution in [0.4, 0.5) is 0 Å². The molecule has 0 aromatic rings. The highest BCUT2D eigenvalue weighted by atomic mass is 15.3. The molecule has 0 radical (unpaired) electrons. The molecule has 0 aliphatic carbocycles. The summed E-state index contributed by atoms with van der Waals surface area (Å²) in [5, 5.41) is 3.50. The van der Waals surface area contributed by atoms with Crippen LogP contribution >= 0.6 is 0 Å². The van der Waals surface area contributed by atoms with E-state index in [1.807, 2.05) is 0 Å². The minimum atomic E-state index is 0.557. The number of aliphatic imine (C=N–C) groups is 1. The van der Waals surface area contributed by atoms with Crippen LogP contribution in [0.1, 0.15) is 20.3 Å². The van der Waals surface area contributed by atoms with E-state index in [1.165, 1.54) is 37.3 Å². The lowest BCUT2D eigenvalue weighted by Gasteiger charge is -2.30. The molecule has 2 saturated heterocycles. The average Bonchev–Trinajstić information content (AvgIpc) is 2.48. The van der Waals surface area contributed by atoms with Crippen molar-refractivity contribution in [3.8, 4) is 0 Å². The predicted molar refractivity (Wildman–Crippen MR) is 62.1 cm³/mol. The van der Waals surface area contributed by atoms with Gasteiger partial charge in [-0.2, -0.15) is 0 Å². The third-order valence-corrected chi connectivity index (χ3v) is 4.15. The molecule has 0 saturated carbocycles. The van der Waals surface area contributed by atoms with Gasteiger partial charge in [-0.3, -0.25) is 9.89 Å². The molecule has 0 amide bonds. The standard InChI is InChI=1S/C12H19N3/c1-8-3-11(5-13-9(8)2)15-6-10-4-14-12(10)7-15/h5,10-12,14H,3-4,6-7H2,1-2H3. The fourth-order valence-electron chi connectivity index (χ4n) is 2.80. The number of rotatable bonds is 1. The van der Waals surface area contributed by atoms with Gasteiger partial charge in [0, 0.05) is 49.5 Å². The van der Waals surface area contributed by atoms with E-state index in [9.17, 15) is 0 Å². The van der Waals surface area contributed by atoms with Crippen LogP contribution in [0, 0.1) is 5.92 Å². The Morgan fingerprint density at radius 3 is 2.80 bits per heavy atom. The highest BCUT2D eigenvalue weighted by molar-refractivity contribution is 5.68. The zero-order valence-corrected chi connectivity index (χ0v) is 9.53. The van der Waals surface area contributed by atoms with Crippen LogP contribution in [0.15, 0.2) is 16.3 Å². The fraction of sp³-hybridized carbons (Fsp3) is 0.750. The number of nitrogens with one attached hydrogen (secondary N) is 1. The number of likely N-dealkylation sites (tertiary alicyclic amines) is 1. The Morgan fingerprint density at radius 1 is 1.40 bits per heavy atom. The van der Waals surface area contributed by atoms with Gasteiger partial charge in [0.25, 0.3) is 0 Å². The number of fused-ring (bicyclic) bond motifs is 1. The van der Waals surface area contributed by atoms with Crippen LogP contribution in [0.25, 0.3) is 0 Å². The van der Waals surface area contributed by atoms with Gasteiger partial charge in [0.15, 0.2) is 0 Å². The molecule has 82 valence electrons. The molecule has 15 heavy (non-hydrogen) atoms. The van der Waals surface area contributed by atoms with E-state index in [0.29, 0.717) is 6.04 Å². The van der Waals surface area contributed by atoms with Crippen molar-refractivity contribution in [2.45, 2.75) is 32.4 Å². The summed E-state index contributed by atoms with van der Waals surface area (Å²) in [4.78, 5) is 7.09. The van der Waals surface area contributed by atoms with Gasteiger partial charge in [-0.25, -0.2) is 0 Å². The summed E-state index contributed by atoms with van der Waals surface area (Å²) >= 11 is 0. The highest BCUT2D eigenvalue weighted by Crippen LogP contribution is 2.28. The Bertz CT molecular complexity index is 320. The maximum absolute atomic E-state index is 4.50. The summed E-state index contributed by atoms with van der Waals surface area (Å²) in [5.74, 6) is 0.908. The quantitative estimate of drug-likeness (QED) is 0.692. The van der Waals surface area contributed by atoms with Crippen molar-refractivity contribution in [3.63, 3.8) is 0 Å². The maximum Gasteiger partial charge on any atom is 0.0489 e. The zero-order valence-electron chi connectivity index (χ0n) is 9.53. The first-order valence-electron chi connectivity index (χ1n) is 5.92. The van der Waals surface area contributed by atoms with Crippen molar-refractivity contribution in [1.82, 2.24) is 10.2 Å². The van der Waals surface area contributed by atoms with Crippen molar-refractivity contribution < 1.29 is 0 Å². The Balaban J connectivity index is 1.68. The van der Waals surface area contributed by atoms with E-state index >= 15 is 0 Å². The molecule has 0 aromatic heterocycles. The lowest BCUT2D eigenvalue weighted by atomic mass is 9.96. The van der Waals surface area contributed by atoms with Crippen molar-refractivity contribution in [1.29, 1.82) is 0 Å². The first-order valence-corrected chi connectivity index (χ1v) is 5.92. The van der Waals surface area contributed by atoms with Gasteiger partial charge in [0.05, 0.1) is 0 Å². The minimum Gasteiger partial charge on any atom is -0.312 e. The van der Waals surface area contributed by atoms with Gasteiger partial charge in [-0.05, 0) is 20.3 Å². The summed E-state index contributed by atoms with van der Waals surface area (Å²) in [6, 6.07) is 1.33. The van der Waals surface area contributed by atoms with Crippen molar-refractivity contribution in [2.75, 3.05) is 19.6 Å². The third kappa shape index (κ3) is 1.54. The van der Waals surface area contributed by atoms with E-state index in [4.69, 9.17) is 0 Å².